The monoisotopic (exact) mass is 202 g/mol. The normalized spacial score (nSPS) is 23.2. The van der Waals surface area contributed by atoms with Gasteiger partial charge in [-0.1, -0.05) is 0 Å². The van der Waals surface area contributed by atoms with Crippen molar-refractivity contribution in [1.82, 2.24) is 9.78 Å². The van der Waals surface area contributed by atoms with Crippen LogP contribution < -0.4 is 0 Å². The Labute approximate surface area is 81.3 Å². The van der Waals surface area contributed by atoms with Crippen LogP contribution in [0.2, 0.25) is 0 Å². The van der Waals surface area contributed by atoms with E-state index >= 15 is 0 Å². The Bertz CT molecular complexity index is 255. The van der Waals surface area contributed by atoms with E-state index in [1.165, 1.54) is 17.9 Å². The predicted molar refractivity (Wildman–Crippen MR) is 52.8 cm³/mol. The van der Waals surface area contributed by atoms with Gasteiger partial charge in [0.05, 0.1) is 18.1 Å². The van der Waals surface area contributed by atoms with Crippen molar-refractivity contribution in [2.75, 3.05) is 11.5 Å². The van der Waals surface area contributed by atoms with E-state index in [9.17, 15) is 0 Å². The van der Waals surface area contributed by atoms with Crippen LogP contribution in [-0.4, -0.2) is 21.3 Å². The third-order valence-corrected chi connectivity index (χ3v) is 3.54. The van der Waals surface area contributed by atoms with Crippen molar-refractivity contribution in [1.29, 1.82) is 0 Å². The van der Waals surface area contributed by atoms with Gasteiger partial charge in [0, 0.05) is 17.5 Å². The first-order valence-corrected chi connectivity index (χ1v) is 5.76. The van der Waals surface area contributed by atoms with Gasteiger partial charge < -0.3 is 0 Å². The zero-order valence-corrected chi connectivity index (χ0v) is 8.31. The topological polar surface area (TPSA) is 17.8 Å². The number of hydrogen-bond donors (Lipinski definition) is 0. The maximum Gasteiger partial charge on any atom is 0.0617 e. The van der Waals surface area contributed by atoms with Crippen LogP contribution in [0.3, 0.4) is 0 Å². The smallest absolute Gasteiger partial charge is 0.0617 e. The van der Waals surface area contributed by atoms with Gasteiger partial charge in [0.1, 0.15) is 0 Å². The van der Waals surface area contributed by atoms with Crippen molar-refractivity contribution >= 4 is 23.4 Å². The average Bonchev–Trinajstić information content (AvgIpc) is 2.75. The van der Waals surface area contributed by atoms with E-state index in [1.807, 2.05) is 18.0 Å². The van der Waals surface area contributed by atoms with Crippen LogP contribution >= 0.6 is 23.4 Å². The molecule has 0 bridgehead atoms. The number of alkyl halides is 1. The minimum absolute atomic E-state index is 0.569. The fourth-order valence-corrected chi connectivity index (χ4v) is 2.71. The first-order valence-electron chi connectivity index (χ1n) is 4.07. The highest BCUT2D eigenvalue weighted by Crippen LogP contribution is 2.27. The van der Waals surface area contributed by atoms with Crippen molar-refractivity contribution in [3.63, 3.8) is 0 Å². The van der Waals surface area contributed by atoms with Gasteiger partial charge in [0.25, 0.3) is 0 Å². The summed E-state index contributed by atoms with van der Waals surface area (Å²) in [4.78, 5) is 0. The van der Waals surface area contributed by atoms with Crippen molar-refractivity contribution in [2.24, 2.45) is 0 Å². The van der Waals surface area contributed by atoms with Gasteiger partial charge in [-0.2, -0.15) is 16.9 Å². The molecule has 1 aliphatic heterocycles. The Morgan fingerprint density at radius 1 is 1.75 bits per heavy atom. The molecule has 66 valence electrons. The second kappa shape index (κ2) is 3.71. The van der Waals surface area contributed by atoms with Crippen molar-refractivity contribution in [2.45, 2.75) is 18.3 Å². The lowest BCUT2D eigenvalue weighted by Crippen LogP contribution is -2.07. The van der Waals surface area contributed by atoms with Crippen LogP contribution in [0, 0.1) is 0 Å². The molecule has 1 aromatic heterocycles. The molecule has 0 saturated carbocycles. The van der Waals surface area contributed by atoms with Crippen LogP contribution in [0.4, 0.5) is 0 Å². The number of rotatable bonds is 2. The maximum absolute atomic E-state index is 5.69. The lowest BCUT2D eigenvalue weighted by atomic mass is 10.3. The first-order chi connectivity index (χ1) is 5.90. The van der Waals surface area contributed by atoms with Crippen LogP contribution in [-0.2, 0) is 5.88 Å². The SMILES string of the molecule is ClCc1cnn(C2CCSC2)c1. The molecule has 2 rings (SSSR count). The molecular weight excluding hydrogens is 192 g/mol. The highest BCUT2D eigenvalue weighted by molar-refractivity contribution is 7.99. The number of aromatic nitrogens is 2. The fourth-order valence-electron chi connectivity index (χ4n) is 1.38. The first kappa shape index (κ1) is 8.45. The van der Waals surface area contributed by atoms with Crippen molar-refractivity contribution < 1.29 is 0 Å². The molecule has 1 saturated heterocycles. The Balaban J connectivity index is 2.11. The Morgan fingerprint density at radius 2 is 2.67 bits per heavy atom. The molecule has 1 fully saturated rings. The van der Waals surface area contributed by atoms with Crippen LogP contribution in [0.15, 0.2) is 12.4 Å². The molecule has 0 N–H and O–H groups in total. The molecule has 1 aromatic rings. The Morgan fingerprint density at radius 3 is 3.25 bits per heavy atom. The van der Waals surface area contributed by atoms with E-state index in [4.69, 9.17) is 11.6 Å². The lowest BCUT2D eigenvalue weighted by molar-refractivity contribution is 0.501. The summed E-state index contributed by atoms with van der Waals surface area (Å²) in [6.07, 6.45) is 5.16. The van der Waals surface area contributed by atoms with Crippen LogP contribution in [0.1, 0.15) is 18.0 Å². The zero-order chi connectivity index (χ0) is 8.39. The summed E-state index contributed by atoms with van der Waals surface area (Å²) in [6.45, 7) is 0. The molecule has 4 heteroatoms. The van der Waals surface area contributed by atoms with E-state index in [1.54, 1.807) is 0 Å². The lowest BCUT2D eigenvalue weighted by Gasteiger charge is -2.07. The van der Waals surface area contributed by atoms with Crippen LogP contribution in [0.25, 0.3) is 0 Å². The molecule has 1 atom stereocenters. The summed E-state index contributed by atoms with van der Waals surface area (Å²) >= 11 is 7.69. The number of hydrogen-bond acceptors (Lipinski definition) is 2. The second-order valence-electron chi connectivity index (χ2n) is 2.98. The predicted octanol–water partition coefficient (Wildman–Crippen LogP) is 2.30. The molecule has 0 aromatic carbocycles. The molecule has 1 unspecified atom stereocenters. The van der Waals surface area contributed by atoms with Gasteiger partial charge in [0.2, 0.25) is 0 Å². The Kier molecular flexibility index (Phi) is 2.61. The molecule has 12 heavy (non-hydrogen) atoms. The van der Waals surface area contributed by atoms with E-state index in [-0.39, 0.29) is 0 Å². The van der Waals surface area contributed by atoms with Gasteiger partial charge in [-0.05, 0) is 12.2 Å². The average molecular weight is 203 g/mol. The standard InChI is InChI=1S/C8H11ClN2S/c9-3-7-4-10-11(5-7)8-1-2-12-6-8/h4-5,8H,1-3,6H2. The largest absolute Gasteiger partial charge is 0.269 e. The minimum atomic E-state index is 0.569. The maximum atomic E-state index is 5.69. The molecule has 2 nitrogen and oxygen atoms in total. The summed E-state index contributed by atoms with van der Waals surface area (Å²) in [6, 6.07) is 0.604. The van der Waals surface area contributed by atoms with Gasteiger partial charge in [-0.25, -0.2) is 0 Å². The molecule has 0 radical (unpaired) electrons. The molecule has 0 aliphatic carbocycles. The van der Waals surface area contributed by atoms with Crippen molar-refractivity contribution in [3.8, 4) is 0 Å². The second-order valence-corrected chi connectivity index (χ2v) is 4.40. The zero-order valence-electron chi connectivity index (χ0n) is 6.74. The Hall–Kier alpha value is -0.150. The fraction of sp³-hybridized carbons (Fsp3) is 0.625. The number of nitrogens with zero attached hydrogens (tertiary/aromatic N) is 2. The van der Waals surface area contributed by atoms with Gasteiger partial charge >= 0.3 is 0 Å². The van der Waals surface area contributed by atoms with E-state index < -0.39 is 0 Å². The van der Waals surface area contributed by atoms with Crippen molar-refractivity contribution in [3.05, 3.63) is 18.0 Å². The molecule has 1 aliphatic rings. The molecule has 2 heterocycles. The number of thioether (sulfide) groups is 1. The van der Waals surface area contributed by atoms with E-state index in [0.717, 1.165) is 5.56 Å². The summed E-state index contributed by atoms with van der Waals surface area (Å²) in [5.41, 5.74) is 1.12. The quantitative estimate of drug-likeness (QED) is 0.685. The summed E-state index contributed by atoms with van der Waals surface area (Å²) < 4.78 is 2.05. The number of halogens is 1. The molecular formula is C8H11ClN2S. The third kappa shape index (κ3) is 1.62. The van der Waals surface area contributed by atoms with E-state index in [0.29, 0.717) is 11.9 Å². The summed E-state index contributed by atoms with van der Waals surface area (Å²) in [7, 11) is 0. The van der Waals surface area contributed by atoms with Gasteiger partial charge in [0.15, 0.2) is 0 Å². The van der Waals surface area contributed by atoms with Crippen LogP contribution in [0.5, 0.6) is 0 Å². The molecule has 0 amide bonds. The summed E-state index contributed by atoms with van der Waals surface area (Å²) in [5.74, 6) is 3.03. The summed E-state index contributed by atoms with van der Waals surface area (Å²) in [5, 5.41) is 4.29. The highest BCUT2D eigenvalue weighted by Gasteiger charge is 2.17. The van der Waals surface area contributed by atoms with E-state index in [2.05, 4.69) is 16.0 Å². The van der Waals surface area contributed by atoms with Gasteiger partial charge in [-0.3, -0.25) is 4.68 Å². The third-order valence-electron chi connectivity index (χ3n) is 2.09. The van der Waals surface area contributed by atoms with Gasteiger partial charge in [-0.15, -0.1) is 11.6 Å². The highest BCUT2D eigenvalue weighted by atomic mass is 35.5. The molecule has 0 spiro atoms. The minimum Gasteiger partial charge on any atom is -0.269 e.